The summed E-state index contributed by atoms with van der Waals surface area (Å²) in [6.45, 7) is 1.68. The van der Waals surface area contributed by atoms with Gasteiger partial charge < -0.3 is 16.2 Å². The lowest BCUT2D eigenvalue weighted by Gasteiger charge is -2.10. The molecule has 1 aliphatic carbocycles. The second-order valence-corrected chi connectivity index (χ2v) is 4.62. The van der Waals surface area contributed by atoms with Gasteiger partial charge in [0.15, 0.2) is 0 Å². The number of anilines is 1. The zero-order valence-corrected chi connectivity index (χ0v) is 10.3. The Bertz CT molecular complexity index is 568. The van der Waals surface area contributed by atoms with Crippen LogP contribution in [-0.4, -0.2) is 22.9 Å². The molecule has 1 aromatic rings. The summed E-state index contributed by atoms with van der Waals surface area (Å²) >= 11 is 0. The predicted octanol–water partition coefficient (Wildman–Crippen LogP) is 0.753. The maximum Gasteiger partial charge on any atom is 0.307 e. The van der Waals surface area contributed by atoms with Crippen LogP contribution in [0.3, 0.4) is 0 Å². The molecule has 0 heterocycles. The molecule has 0 radical (unpaired) electrons. The third-order valence-corrected chi connectivity index (χ3v) is 3.30. The first-order valence-corrected chi connectivity index (χ1v) is 5.85. The number of nitrogens with two attached hydrogens (primary N) is 1. The molecule has 2 rings (SSSR count). The topological polar surface area (TPSA) is 109 Å². The summed E-state index contributed by atoms with van der Waals surface area (Å²) in [6.07, 6.45) is 0.357. The number of carboxylic acid groups (broad SMARTS) is 1. The highest BCUT2D eigenvalue weighted by molar-refractivity contribution is 6.01. The lowest BCUT2D eigenvalue weighted by molar-refractivity contribution is -0.139. The van der Waals surface area contributed by atoms with Gasteiger partial charge in [0.2, 0.25) is 11.8 Å². The minimum atomic E-state index is -0.956. The smallest absolute Gasteiger partial charge is 0.307 e. The van der Waals surface area contributed by atoms with E-state index in [4.69, 9.17) is 10.8 Å². The number of benzene rings is 1. The van der Waals surface area contributed by atoms with Crippen molar-refractivity contribution in [1.82, 2.24) is 0 Å². The zero-order valence-electron chi connectivity index (χ0n) is 10.3. The van der Waals surface area contributed by atoms with Gasteiger partial charge in [0.05, 0.1) is 11.8 Å². The highest BCUT2D eigenvalue weighted by Crippen LogP contribution is 2.39. The number of aliphatic carboxylic acids is 1. The van der Waals surface area contributed by atoms with Gasteiger partial charge in [-0.15, -0.1) is 0 Å². The van der Waals surface area contributed by atoms with Gasteiger partial charge in [0.1, 0.15) is 0 Å². The Morgan fingerprint density at radius 1 is 1.32 bits per heavy atom. The standard InChI is InChI=1S/C13H14N2O4/c1-6-7(11(14)16)3-2-4-10(6)15-12(17)8-5-9(8)13(18)19/h2-4,8-9H,5H2,1H3,(H2,14,16)(H,15,17)(H,18,19)/t8-,9+/m1/s1. The van der Waals surface area contributed by atoms with Crippen molar-refractivity contribution in [2.45, 2.75) is 13.3 Å². The van der Waals surface area contributed by atoms with Gasteiger partial charge >= 0.3 is 5.97 Å². The molecule has 6 heteroatoms. The number of hydrogen-bond donors (Lipinski definition) is 3. The highest BCUT2D eigenvalue weighted by Gasteiger charge is 2.48. The van der Waals surface area contributed by atoms with Gasteiger partial charge in [0.25, 0.3) is 0 Å². The Labute approximate surface area is 109 Å². The average molecular weight is 262 g/mol. The van der Waals surface area contributed by atoms with Crippen LogP contribution in [0.2, 0.25) is 0 Å². The Balaban J connectivity index is 2.12. The molecular formula is C13H14N2O4. The molecule has 2 atom stereocenters. The molecule has 1 aromatic carbocycles. The molecule has 0 saturated heterocycles. The first-order valence-electron chi connectivity index (χ1n) is 5.85. The summed E-state index contributed by atoms with van der Waals surface area (Å²) in [5.74, 6) is -2.95. The molecule has 0 aromatic heterocycles. The number of rotatable bonds is 4. The Morgan fingerprint density at radius 2 is 2.00 bits per heavy atom. The summed E-state index contributed by atoms with van der Waals surface area (Å²) in [4.78, 5) is 33.7. The fourth-order valence-corrected chi connectivity index (χ4v) is 2.02. The summed E-state index contributed by atoms with van der Waals surface area (Å²) in [5.41, 5.74) is 6.62. The van der Waals surface area contributed by atoms with Crippen molar-refractivity contribution in [1.29, 1.82) is 0 Å². The van der Waals surface area contributed by atoms with Crippen LogP contribution in [0.5, 0.6) is 0 Å². The van der Waals surface area contributed by atoms with Crippen LogP contribution in [0.4, 0.5) is 5.69 Å². The third-order valence-electron chi connectivity index (χ3n) is 3.30. The number of carbonyl (C=O) groups is 3. The minimum Gasteiger partial charge on any atom is -0.481 e. The third kappa shape index (κ3) is 2.57. The summed E-state index contributed by atoms with van der Waals surface area (Å²) in [7, 11) is 0. The monoisotopic (exact) mass is 262 g/mol. The van der Waals surface area contributed by atoms with Crippen LogP contribution in [-0.2, 0) is 9.59 Å². The molecule has 19 heavy (non-hydrogen) atoms. The zero-order chi connectivity index (χ0) is 14.2. The second-order valence-electron chi connectivity index (χ2n) is 4.62. The lowest BCUT2D eigenvalue weighted by Crippen LogP contribution is -2.19. The van der Waals surface area contributed by atoms with E-state index in [1.54, 1.807) is 25.1 Å². The van der Waals surface area contributed by atoms with Gasteiger partial charge in [-0.3, -0.25) is 14.4 Å². The summed E-state index contributed by atoms with van der Waals surface area (Å²) in [6, 6.07) is 4.84. The predicted molar refractivity (Wildman–Crippen MR) is 67.6 cm³/mol. The number of carbonyl (C=O) groups excluding carboxylic acids is 2. The van der Waals surface area contributed by atoms with Crippen LogP contribution in [0.25, 0.3) is 0 Å². The van der Waals surface area contributed by atoms with Gasteiger partial charge in [0, 0.05) is 11.3 Å². The fraction of sp³-hybridized carbons (Fsp3) is 0.308. The van der Waals surface area contributed by atoms with Crippen molar-refractivity contribution in [3.63, 3.8) is 0 Å². The van der Waals surface area contributed by atoms with Crippen LogP contribution in [0.1, 0.15) is 22.3 Å². The molecule has 1 fully saturated rings. The Morgan fingerprint density at radius 3 is 2.53 bits per heavy atom. The van der Waals surface area contributed by atoms with Crippen molar-refractivity contribution in [2.75, 3.05) is 5.32 Å². The van der Waals surface area contributed by atoms with Crippen LogP contribution >= 0.6 is 0 Å². The molecule has 0 spiro atoms. The molecule has 0 unspecified atom stereocenters. The number of nitrogens with one attached hydrogen (secondary N) is 1. The Kier molecular flexibility index (Phi) is 3.25. The van der Waals surface area contributed by atoms with E-state index < -0.39 is 23.7 Å². The highest BCUT2D eigenvalue weighted by atomic mass is 16.4. The number of amides is 2. The summed E-state index contributed by atoms with van der Waals surface area (Å²) in [5, 5.41) is 11.4. The molecule has 4 N–H and O–H groups in total. The van der Waals surface area contributed by atoms with Gasteiger partial charge in [-0.1, -0.05) is 6.07 Å². The molecule has 1 aliphatic rings. The maximum absolute atomic E-state index is 11.8. The van der Waals surface area contributed by atoms with E-state index in [0.717, 1.165) is 0 Å². The van der Waals surface area contributed by atoms with Crippen LogP contribution in [0.15, 0.2) is 18.2 Å². The van der Waals surface area contributed by atoms with Crippen molar-refractivity contribution < 1.29 is 19.5 Å². The largest absolute Gasteiger partial charge is 0.481 e. The maximum atomic E-state index is 11.8. The van der Waals surface area contributed by atoms with Crippen molar-refractivity contribution >= 4 is 23.5 Å². The van der Waals surface area contributed by atoms with E-state index in [2.05, 4.69) is 5.32 Å². The number of hydrogen-bond acceptors (Lipinski definition) is 3. The molecule has 0 aliphatic heterocycles. The molecule has 100 valence electrons. The minimum absolute atomic E-state index is 0.336. The van der Waals surface area contributed by atoms with Gasteiger partial charge in [-0.05, 0) is 31.0 Å². The molecule has 1 saturated carbocycles. The van der Waals surface area contributed by atoms with Crippen LogP contribution in [0, 0.1) is 18.8 Å². The van der Waals surface area contributed by atoms with E-state index in [0.29, 0.717) is 23.2 Å². The van der Waals surface area contributed by atoms with Crippen molar-refractivity contribution in [2.24, 2.45) is 17.6 Å². The van der Waals surface area contributed by atoms with Gasteiger partial charge in [-0.2, -0.15) is 0 Å². The molecule has 2 amide bonds. The normalized spacial score (nSPS) is 20.7. The van der Waals surface area contributed by atoms with Gasteiger partial charge in [-0.25, -0.2) is 0 Å². The first-order chi connectivity index (χ1) is 8.91. The van der Waals surface area contributed by atoms with E-state index in [9.17, 15) is 14.4 Å². The van der Waals surface area contributed by atoms with E-state index in [-0.39, 0.29) is 5.91 Å². The number of carboxylic acids is 1. The van der Waals surface area contributed by atoms with E-state index >= 15 is 0 Å². The summed E-state index contributed by atoms with van der Waals surface area (Å²) < 4.78 is 0. The van der Waals surface area contributed by atoms with Crippen molar-refractivity contribution in [3.05, 3.63) is 29.3 Å². The molecular weight excluding hydrogens is 248 g/mol. The fourth-order valence-electron chi connectivity index (χ4n) is 2.02. The average Bonchev–Trinajstić information content (AvgIpc) is 3.11. The van der Waals surface area contributed by atoms with Crippen LogP contribution < -0.4 is 11.1 Å². The number of primary amides is 1. The van der Waals surface area contributed by atoms with Crippen molar-refractivity contribution in [3.8, 4) is 0 Å². The first kappa shape index (κ1) is 13.1. The Hall–Kier alpha value is -2.37. The quantitative estimate of drug-likeness (QED) is 0.743. The molecule has 0 bridgehead atoms. The molecule has 6 nitrogen and oxygen atoms in total. The second kappa shape index (κ2) is 4.72. The van der Waals surface area contributed by atoms with E-state index in [1.807, 2.05) is 0 Å². The van der Waals surface area contributed by atoms with E-state index in [1.165, 1.54) is 0 Å². The lowest BCUT2D eigenvalue weighted by atomic mass is 10.1. The SMILES string of the molecule is Cc1c(NC(=O)[C@@H]2C[C@@H]2C(=O)O)cccc1C(N)=O.